The Morgan fingerprint density at radius 3 is 2.10 bits per heavy atom. The summed E-state index contributed by atoms with van der Waals surface area (Å²) in [5.41, 5.74) is -0.389. The number of aromatic nitrogens is 2. The number of halogens is 3. The van der Waals surface area contributed by atoms with E-state index in [9.17, 15) is 18.3 Å². The molecule has 0 saturated carbocycles. The summed E-state index contributed by atoms with van der Waals surface area (Å²) >= 11 is 0. The third kappa shape index (κ3) is 3.08. The standard InChI is InChI=1S/C24H21F3N2O/c1-15-11-16(2)22(17(3)12-15)23(30,24(25,26)27)19-9-10-21-18(13-19)14-28-29(21)20-7-5-4-6-8-20/h4-14,30H,1-3H3. The molecule has 4 rings (SSSR count). The van der Waals surface area contributed by atoms with E-state index in [4.69, 9.17) is 0 Å². The quantitative estimate of drug-likeness (QED) is 0.467. The first-order chi connectivity index (χ1) is 14.1. The second-order valence-electron chi connectivity index (χ2n) is 7.65. The van der Waals surface area contributed by atoms with Crippen LogP contribution in [0.15, 0.2) is 66.9 Å². The van der Waals surface area contributed by atoms with Gasteiger partial charge in [-0.2, -0.15) is 18.3 Å². The minimum Gasteiger partial charge on any atom is -0.372 e. The molecule has 0 radical (unpaired) electrons. The van der Waals surface area contributed by atoms with Crippen LogP contribution in [-0.4, -0.2) is 21.1 Å². The molecule has 0 aliphatic rings. The molecule has 1 aromatic heterocycles. The smallest absolute Gasteiger partial charge is 0.372 e. The number of fused-ring (bicyclic) bond motifs is 1. The Kier molecular flexibility index (Phi) is 4.70. The maximum atomic E-state index is 14.3. The van der Waals surface area contributed by atoms with E-state index < -0.39 is 11.8 Å². The van der Waals surface area contributed by atoms with E-state index in [2.05, 4.69) is 5.10 Å². The van der Waals surface area contributed by atoms with Crippen molar-refractivity contribution < 1.29 is 18.3 Å². The van der Waals surface area contributed by atoms with Gasteiger partial charge in [-0.15, -0.1) is 0 Å². The molecule has 154 valence electrons. The van der Waals surface area contributed by atoms with E-state index in [0.29, 0.717) is 22.0 Å². The zero-order chi connectivity index (χ0) is 21.7. The number of aryl methyl sites for hydroxylation is 3. The molecule has 1 N–H and O–H groups in total. The Balaban J connectivity index is 1.94. The highest BCUT2D eigenvalue weighted by atomic mass is 19.4. The highest BCUT2D eigenvalue weighted by Crippen LogP contribution is 2.47. The van der Waals surface area contributed by atoms with Gasteiger partial charge in [-0.25, -0.2) is 4.68 Å². The molecular formula is C24H21F3N2O. The molecule has 0 saturated heterocycles. The summed E-state index contributed by atoms with van der Waals surface area (Å²) in [6.45, 7) is 5.01. The zero-order valence-corrected chi connectivity index (χ0v) is 16.8. The van der Waals surface area contributed by atoms with Crippen molar-refractivity contribution in [3.63, 3.8) is 0 Å². The largest absolute Gasteiger partial charge is 0.425 e. The number of rotatable bonds is 3. The molecule has 30 heavy (non-hydrogen) atoms. The zero-order valence-electron chi connectivity index (χ0n) is 16.8. The Hall–Kier alpha value is -3.12. The first-order valence-electron chi connectivity index (χ1n) is 9.54. The van der Waals surface area contributed by atoms with Gasteiger partial charge in [0.05, 0.1) is 17.4 Å². The fraction of sp³-hybridized carbons (Fsp3) is 0.208. The van der Waals surface area contributed by atoms with Gasteiger partial charge in [0, 0.05) is 10.9 Å². The summed E-state index contributed by atoms with van der Waals surface area (Å²) in [6, 6.07) is 16.9. The van der Waals surface area contributed by atoms with Gasteiger partial charge in [0.2, 0.25) is 5.60 Å². The predicted molar refractivity (Wildman–Crippen MR) is 111 cm³/mol. The lowest BCUT2D eigenvalue weighted by atomic mass is 9.80. The molecule has 0 bridgehead atoms. The van der Waals surface area contributed by atoms with Gasteiger partial charge in [0.1, 0.15) is 0 Å². The molecule has 0 aliphatic heterocycles. The van der Waals surface area contributed by atoms with Crippen LogP contribution in [0.3, 0.4) is 0 Å². The summed E-state index contributed by atoms with van der Waals surface area (Å²) in [4.78, 5) is 0. The Labute approximate surface area is 172 Å². The van der Waals surface area contributed by atoms with Crippen molar-refractivity contribution in [2.75, 3.05) is 0 Å². The SMILES string of the molecule is Cc1cc(C)c(C(O)(c2ccc3c(cnn3-c3ccccc3)c2)C(F)(F)F)c(C)c1. The minimum absolute atomic E-state index is 0.129. The van der Waals surface area contributed by atoms with Crippen molar-refractivity contribution in [3.05, 3.63) is 94.7 Å². The predicted octanol–water partition coefficient (Wildman–Crippen LogP) is 5.75. The van der Waals surface area contributed by atoms with E-state index in [1.807, 2.05) is 37.3 Å². The van der Waals surface area contributed by atoms with Gasteiger partial charge in [-0.1, -0.05) is 42.0 Å². The van der Waals surface area contributed by atoms with Crippen LogP contribution >= 0.6 is 0 Å². The lowest BCUT2D eigenvalue weighted by Crippen LogP contribution is -2.44. The second-order valence-corrected chi connectivity index (χ2v) is 7.65. The van der Waals surface area contributed by atoms with Crippen LogP contribution in [0.25, 0.3) is 16.6 Å². The van der Waals surface area contributed by atoms with Crippen molar-refractivity contribution in [2.45, 2.75) is 32.5 Å². The highest BCUT2D eigenvalue weighted by Gasteiger charge is 2.57. The van der Waals surface area contributed by atoms with Gasteiger partial charge < -0.3 is 5.11 Å². The molecule has 1 heterocycles. The van der Waals surface area contributed by atoms with Crippen molar-refractivity contribution >= 4 is 10.9 Å². The molecule has 4 aromatic rings. The monoisotopic (exact) mass is 410 g/mol. The first kappa shape index (κ1) is 20.2. The Morgan fingerprint density at radius 1 is 0.867 bits per heavy atom. The van der Waals surface area contributed by atoms with Crippen molar-refractivity contribution in [1.29, 1.82) is 0 Å². The van der Waals surface area contributed by atoms with Gasteiger partial charge in [0.25, 0.3) is 0 Å². The molecule has 0 aliphatic carbocycles. The van der Waals surface area contributed by atoms with Crippen LogP contribution in [0.5, 0.6) is 0 Å². The fourth-order valence-corrected chi connectivity index (χ4v) is 4.23. The average molecular weight is 410 g/mol. The minimum atomic E-state index is -4.90. The van der Waals surface area contributed by atoms with Crippen LogP contribution in [-0.2, 0) is 5.60 Å². The Bertz CT molecular complexity index is 1210. The lowest BCUT2D eigenvalue weighted by Gasteiger charge is -2.34. The second kappa shape index (κ2) is 6.99. The molecule has 6 heteroatoms. The third-order valence-corrected chi connectivity index (χ3v) is 5.44. The van der Waals surface area contributed by atoms with Crippen molar-refractivity contribution in [2.24, 2.45) is 0 Å². The number of hydrogen-bond donors (Lipinski definition) is 1. The number of nitrogens with zero attached hydrogens (tertiary/aromatic N) is 2. The van der Waals surface area contributed by atoms with Gasteiger partial charge in [-0.05, 0) is 61.7 Å². The number of aliphatic hydroxyl groups is 1. The molecule has 0 amide bonds. The maximum Gasteiger partial charge on any atom is 0.425 e. The third-order valence-electron chi connectivity index (χ3n) is 5.44. The molecular weight excluding hydrogens is 389 g/mol. The van der Waals surface area contributed by atoms with E-state index in [-0.39, 0.29) is 11.1 Å². The van der Waals surface area contributed by atoms with Crippen LogP contribution in [0, 0.1) is 20.8 Å². The number of para-hydroxylation sites is 1. The first-order valence-corrected chi connectivity index (χ1v) is 9.54. The topological polar surface area (TPSA) is 38.1 Å². The van der Waals surface area contributed by atoms with Crippen LogP contribution in [0.1, 0.15) is 27.8 Å². The summed E-state index contributed by atoms with van der Waals surface area (Å²) in [7, 11) is 0. The summed E-state index contributed by atoms with van der Waals surface area (Å²) < 4.78 is 44.7. The van der Waals surface area contributed by atoms with Gasteiger partial charge in [0.15, 0.2) is 0 Å². The normalized spacial score (nSPS) is 14.1. The molecule has 0 fully saturated rings. The van der Waals surface area contributed by atoms with Gasteiger partial charge in [-0.3, -0.25) is 0 Å². The van der Waals surface area contributed by atoms with Crippen LogP contribution in [0.2, 0.25) is 0 Å². The lowest BCUT2D eigenvalue weighted by molar-refractivity contribution is -0.248. The molecule has 0 spiro atoms. The highest BCUT2D eigenvalue weighted by molar-refractivity contribution is 5.81. The molecule has 1 unspecified atom stereocenters. The van der Waals surface area contributed by atoms with Crippen molar-refractivity contribution in [3.8, 4) is 5.69 Å². The van der Waals surface area contributed by atoms with Crippen LogP contribution < -0.4 is 0 Å². The van der Waals surface area contributed by atoms with E-state index in [1.165, 1.54) is 18.3 Å². The van der Waals surface area contributed by atoms with E-state index in [1.54, 1.807) is 36.7 Å². The summed E-state index contributed by atoms with van der Waals surface area (Å²) in [5.74, 6) is 0. The summed E-state index contributed by atoms with van der Waals surface area (Å²) in [5, 5.41) is 16.0. The molecule has 3 aromatic carbocycles. The summed E-state index contributed by atoms with van der Waals surface area (Å²) in [6.07, 6.45) is -3.39. The number of alkyl halides is 3. The Morgan fingerprint density at radius 2 is 1.50 bits per heavy atom. The molecule has 1 atom stereocenters. The average Bonchev–Trinajstić information content (AvgIpc) is 3.10. The fourth-order valence-electron chi connectivity index (χ4n) is 4.23. The maximum absolute atomic E-state index is 14.3. The van der Waals surface area contributed by atoms with E-state index >= 15 is 0 Å². The van der Waals surface area contributed by atoms with Crippen LogP contribution in [0.4, 0.5) is 13.2 Å². The molecule has 3 nitrogen and oxygen atoms in total. The number of hydrogen-bond acceptors (Lipinski definition) is 2. The van der Waals surface area contributed by atoms with E-state index in [0.717, 1.165) is 11.3 Å². The van der Waals surface area contributed by atoms with Gasteiger partial charge >= 0.3 is 6.18 Å². The number of benzene rings is 3. The van der Waals surface area contributed by atoms with Crippen molar-refractivity contribution in [1.82, 2.24) is 9.78 Å².